The van der Waals surface area contributed by atoms with Gasteiger partial charge in [-0.15, -0.1) is 0 Å². The van der Waals surface area contributed by atoms with Crippen molar-refractivity contribution in [3.05, 3.63) is 95.2 Å². The summed E-state index contributed by atoms with van der Waals surface area (Å²) in [5.41, 5.74) is 2.53. The molecule has 0 saturated carbocycles. The average molecular weight is 439 g/mol. The first kappa shape index (κ1) is 21.6. The smallest absolute Gasteiger partial charge is 0.416 e. The van der Waals surface area contributed by atoms with Crippen LogP contribution in [0.5, 0.6) is 0 Å². The lowest BCUT2D eigenvalue weighted by molar-refractivity contribution is -0.137. The monoisotopic (exact) mass is 439 g/mol. The van der Waals surface area contributed by atoms with Gasteiger partial charge < -0.3 is 14.8 Å². The maximum atomic E-state index is 13.0. The Morgan fingerprint density at radius 1 is 0.969 bits per heavy atom. The number of carbonyl (C=O) groups is 1. The van der Waals surface area contributed by atoms with E-state index < -0.39 is 11.7 Å². The Kier molecular flexibility index (Phi) is 6.01. The number of rotatable bonds is 6. The summed E-state index contributed by atoms with van der Waals surface area (Å²) in [5, 5.41) is 12.3. The van der Waals surface area contributed by atoms with Crippen LogP contribution < -0.4 is 5.32 Å². The summed E-state index contributed by atoms with van der Waals surface area (Å²) in [6.07, 6.45) is -4.17. The molecule has 164 valence electrons. The minimum Gasteiger partial charge on any atom is -0.461 e. The maximum Gasteiger partial charge on any atom is 0.416 e. The van der Waals surface area contributed by atoms with Crippen LogP contribution in [0.1, 0.15) is 27.2 Å². The fourth-order valence-corrected chi connectivity index (χ4v) is 3.61. The van der Waals surface area contributed by atoms with Gasteiger partial charge >= 0.3 is 6.18 Å². The number of hydrogen-bond donors (Lipinski definition) is 2. The van der Waals surface area contributed by atoms with Gasteiger partial charge in [0.2, 0.25) is 0 Å². The van der Waals surface area contributed by atoms with E-state index >= 15 is 0 Å². The van der Waals surface area contributed by atoms with Crippen LogP contribution in [0.15, 0.2) is 77.2 Å². The largest absolute Gasteiger partial charge is 0.461 e. The zero-order valence-corrected chi connectivity index (χ0v) is 16.9. The van der Waals surface area contributed by atoms with Crippen molar-refractivity contribution in [2.45, 2.75) is 12.6 Å². The molecule has 1 aromatic heterocycles. The van der Waals surface area contributed by atoms with Crippen LogP contribution >= 0.6 is 0 Å². The fraction of sp³-hybridized carbons (Fsp3) is 0.160. The molecule has 1 amide bonds. The van der Waals surface area contributed by atoms with E-state index in [1.807, 2.05) is 24.3 Å². The number of alkyl halides is 3. The Morgan fingerprint density at radius 2 is 1.75 bits per heavy atom. The molecule has 4 aromatic rings. The molecule has 2 N–H and O–H groups in total. The normalized spacial score (nSPS) is 11.6. The van der Waals surface area contributed by atoms with Crippen molar-refractivity contribution in [2.24, 2.45) is 0 Å². The number of benzene rings is 3. The average Bonchev–Trinajstić information content (AvgIpc) is 3.19. The molecule has 4 rings (SSSR count). The summed E-state index contributed by atoms with van der Waals surface area (Å²) >= 11 is 0. The SMILES string of the molecule is O=C(NCCO)c1cccc(-c2cccc3oc(Cc4cccc(C(F)(F)F)c4)cc23)c1. The summed E-state index contributed by atoms with van der Waals surface area (Å²) in [5.74, 6) is 0.258. The Bertz CT molecular complexity index is 1260. The molecule has 0 radical (unpaired) electrons. The molecule has 0 bridgehead atoms. The Labute approximate surface area is 182 Å². The molecule has 0 atom stereocenters. The first-order valence-corrected chi connectivity index (χ1v) is 10.0. The van der Waals surface area contributed by atoms with E-state index in [1.165, 1.54) is 6.07 Å². The highest BCUT2D eigenvalue weighted by atomic mass is 19.4. The van der Waals surface area contributed by atoms with Gasteiger partial charge in [-0.05, 0) is 47.0 Å². The van der Waals surface area contributed by atoms with Crippen molar-refractivity contribution in [1.82, 2.24) is 5.32 Å². The second-order valence-electron chi connectivity index (χ2n) is 7.37. The van der Waals surface area contributed by atoms with Crippen molar-refractivity contribution in [3.63, 3.8) is 0 Å². The number of aliphatic hydroxyl groups excluding tert-OH is 1. The van der Waals surface area contributed by atoms with E-state index in [2.05, 4.69) is 5.32 Å². The number of amides is 1. The summed E-state index contributed by atoms with van der Waals surface area (Å²) in [4.78, 5) is 12.2. The molecule has 0 aliphatic heterocycles. The lowest BCUT2D eigenvalue weighted by Gasteiger charge is -2.07. The lowest BCUT2D eigenvalue weighted by Crippen LogP contribution is -2.26. The molecule has 1 heterocycles. The predicted molar refractivity (Wildman–Crippen MR) is 115 cm³/mol. The van der Waals surface area contributed by atoms with Crippen molar-refractivity contribution in [2.75, 3.05) is 13.2 Å². The van der Waals surface area contributed by atoms with Crippen LogP contribution in [0.2, 0.25) is 0 Å². The molecule has 0 spiro atoms. The molecule has 32 heavy (non-hydrogen) atoms. The summed E-state index contributed by atoms with van der Waals surface area (Å²) in [6.45, 7) is 0.0215. The van der Waals surface area contributed by atoms with Crippen molar-refractivity contribution in [1.29, 1.82) is 0 Å². The van der Waals surface area contributed by atoms with E-state index in [-0.39, 0.29) is 25.5 Å². The van der Waals surface area contributed by atoms with Crippen LogP contribution in [-0.2, 0) is 12.6 Å². The lowest BCUT2D eigenvalue weighted by atomic mass is 9.99. The molecular formula is C25H20F3NO3. The molecule has 0 unspecified atom stereocenters. The Morgan fingerprint density at radius 3 is 2.53 bits per heavy atom. The van der Waals surface area contributed by atoms with E-state index in [1.54, 1.807) is 30.3 Å². The number of halogens is 3. The number of aliphatic hydroxyl groups is 1. The zero-order chi connectivity index (χ0) is 22.7. The van der Waals surface area contributed by atoms with Gasteiger partial charge in [0.25, 0.3) is 5.91 Å². The third kappa shape index (κ3) is 4.68. The standard InChI is InChI=1S/C25H20F3NO3/c26-25(27,28)19-7-1-4-16(12-19)13-20-15-22-21(8-3-9-23(22)32-20)17-5-2-6-18(14-17)24(31)29-10-11-30/h1-9,12,14-15,30H,10-11,13H2,(H,29,31). The number of furan rings is 1. The number of nitrogens with one attached hydrogen (secondary N) is 1. The summed E-state index contributed by atoms with van der Waals surface area (Å²) in [6, 6.07) is 19.6. The molecule has 0 saturated heterocycles. The van der Waals surface area contributed by atoms with Crippen molar-refractivity contribution < 1.29 is 27.5 Å². The third-order valence-corrected chi connectivity index (χ3v) is 5.08. The highest BCUT2D eigenvalue weighted by Crippen LogP contribution is 2.33. The van der Waals surface area contributed by atoms with Gasteiger partial charge in [0, 0.05) is 23.9 Å². The molecule has 7 heteroatoms. The van der Waals surface area contributed by atoms with Crippen LogP contribution in [0.4, 0.5) is 13.2 Å². The van der Waals surface area contributed by atoms with E-state index in [9.17, 15) is 18.0 Å². The van der Waals surface area contributed by atoms with Gasteiger partial charge in [0.1, 0.15) is 11.3 Å². The second-order valence-corrected chi connectivity index (χ2v) is 7.37. The van der Waals surface area contributed by atoms with Gasteiger partial charge in [0.15, 0.2) is 0 Å². The quantitative estimate of drug-likeness (QED) is 0.421. The minimum atomic E-state index is -4.40. The Balaban J connectivity index is 1.66. The topological polar surface area (TPSA) is 62.5 Å². The number of fused-ring (bicyclic) bond motifs is 1. The fourth-order valence-electron chi connectivity index (χ4n) is 3.61. The second kappa shape index (κ2) is 8.88. The molecule has 3 aromatic carbocycles. The van der Waals surface area contributed by atoms with Crippen LogP contribution in [0.3, 0.4) is 0 Å². The first-order valence-electron chi connectivity index (χ1n) is 10.0. The van der Waals surface area contributed by atoms with Gasteiger partial charge in [-0.1, -0.05) is 42.5 Å². The van der Waals surface area contributed by atoms with E-state index in [4.69, 9.17) is 9.52 Å². The van der Waals surface area contributed by atoms with E-state index in [0.717, 1.165) is 28.6 Å². The van der Waals surface area contributed by atoms with Crippen LogP contribution in [0, 0.1) is 0 Å². The van der Waals surface area contributed by atoms with Crippen molar-refractivity contribution in [3.8, 4) is 11.1 Å². The van der Waals surface area contributed by atoms with Crippen LogP contribution in [-0.4, -0.2) is 24.2 Å². The van der Waals surface area contributed by atoms with Gasteiger partial charge in [-0.2, -0.15) is 13.2 Å². The zero-order valence-electron chi connectivity index (χ0n) is 16.9. The number of carbonyl (C=O) groups excluding carboxylic acids is 1. The highest BCUT2D eigenvalue weighted by Gasteiger charge is 2.30. The molecule has 0 fully saturated rings. The van der Waals surface area contributed by atoms with Gasteiger partial charge in [-0.25, -0.2) is 0 Å². The minimum absolute atomic E-state index is 0.144. The predicted octanol–water partition coefficient (Wildman–Crippen LogP) is 5.43. The summed E-state index contributed by atoms with van der Waals surface area (Å²) < 4.78 is 44.9. The maximum absolute atomic E-state index is 13.0. The van der Waals surface area contributed by atoms with E-state index in [0.29, 0.717) is 22.5 Å². The molecule has 4 nitrogen and oxygen atoms in total. The highest BCUT2D eigenvalue weighted by molar-refractivity contribution is 5.98. The molecular weight excluding hydrogens is 419 g/mol. The molecule has 0 aliphatic carbocycles. The third-order valence-electron chi connectivity index (χ3n) is 5.08. The summed E-state index contributed by atoms with van der Waals surface area (Å²) in [7, 11) is 0. The van der Waals surface area contributed by atoms with Crippen molar-refractivity contribution >= 4 is 16.9 Å². The molecule has 0 aliphatic rings. The Hall–Kier alpha value is -3.58. The number of hydrogen-bond acceptors (Lipinski definition) is 3. The van der Waals surface area contributed by atoms with Gasteiger partial charge in [-0.3, -0.25) is 4.79 Å². The first-order chi connectivity index (χ1) is 15.3. The van der Waals surface area contributed by atoms with Gasteiger partial charge in [0.05, 0.1) is 12.2 Å². The van der Waals surface area contributed by atoms with Crippen LogP contribution in [0.25, 0.3) is 22.1 Å².